The molecule has 1 atom stereocenters. The molecule has 0 amide bonds. The van der Waals surface area contributed by atoms with Crippen LogP contribution >= 0.6 is 0 Å². The van der Waals surface area contributed by atoms with Crippen molar-refractivity contribution in [2.24, 2.45) is 0 Å². The molecule has 24 heavy (non-hydrogen) atoms. The summed E-state index contributed by atoms with van der Waals surface area (Å²) in [6, 6.07) is 0. The predicted molar refractivity (Wildman–Crippen MR) is 95.5 cm³/mol. The molecular formula is C18H37NaO4S. The number of hydrogen-bond acceptors (Lipinski definition) is 4. The van der Waals surface area contributed by atoms with Crippen LogP contribution in [0.2, 0.25) is 0 Å². The molecule has 0 heterocycles. The predicted octanol–water partition coefficient (Wildman–Crippen LogP) is 1.77. The van der Waals surface area contributed by atoms with Crippen LogP contribution in [-0.4, -0.2) is 29.9 Å². The Balaban J connectivity index is 0. The number of aliphatic hydroxyl groups excluding tert-OH is 1. The minimum atomic E-state index is -4.14. The molecule has 0 saturated heterocycles. The van der Waals surface area contributed by atoms with E-state index in [9.17, 15) is 13.0 Å². The Morgan fingerprint density at radius 1 is 0.750 bits per heavy atom. The molecule has 0 bridgehead atoms. The monoisotopic (exact) mass is 372 g/mol. The Hall–Kier alpha value is 0.870. The topological polar surface area (TPSA) is 77.4 Å². The third-order valence-electron chi connectivity index (χ3n) is 4.47. The van der Waals surface area contributed by atoms with Crippen LogP contribution in [0.1, 0.15) is 103 Å². The first-order valence-electron chi connectivity index (χ1n) is 9.58. The standard InChI is InChI=1S/C18H38O4S.Na/c1-2-3-4-5-9-12-15-18(23(20,21)22)16-13-10-7-6-8-11-14-17-19;/h18-19H,2-17H2,1H3,(H,20,21,22);/q;+1/p-1. The SMILES string of the molecule is CCCCCCCCC(CCCCCCCCCO)S(=O)(=O)[O-].[Na+]. The Morgan fingerprint density at radius 2 is 1.12 bits per heavy atom. The van der Waals surface area contributed by atoms with Gasteiger partial charge in [0, 0.05) is 11.9 Å². The fourth-order valence-corrected chi connectivity index (χ4v) is 3.86. The molecule has 1 N–H and O–H groups in total. The fourth-order valence-electron chi connectivity index (χ4n) is 2.95. The zero-order valence-electron chi connectivity index (χ0n) is 16.0. The van der Waals surface area contributed by atoms with Gasteiger partial charge in [-0.05, 0) is 19.3 Å². The molecule has 0 rings (SSSR count). The van der Waals surface area contributed by atoms with Gasteiger partial charge in [-0.3, -0.25) is 0 Å². The summed E-state index contributed by atoms with van der Waals surface area (Å²) in [5.74, 6) is 0. The van der Waals surface area contributed by atoms with Gasteiger partial charge >= 0.3 is 29.6 Å². The molecule has 0 aromatic rings. The molecule has 140 valence electrons. The summed E-state index contributed by atoms with van der Waals surface area (Å²) in [5.41, 5.74) is 0. The minimum Gasteiger partial charge on any atom is -0.748 e. The molecule has 6 heteroatoms. The van der Waals surface area contributed by atoms with Crippen molar-refractivity contribution in [3.8, 4) is 0 Å². The summed E-state index contributed by atoms with van der Waals surface area (Å²) in [6.45, 7) is 2.44. The quantitative estimate of drug-likeness (QED) is 0.240. The maximum atomic E-state index is 11.4. The second-order valence-electron chi connectivity index (χ2n) is 6.66. The van der Waals surface area contributed by atoms with E-state index >= 15 is 0 Å². The summed E-state index contributed by atoms with van der Waals surface area (Å²) in [6.07, 6.45) is 14.9. The normalized spacial score (nSPS) is 12.8. The second-order valence-corrected chi connectivity index (χ2v) is 8.31. The molecule has 1 unspecified atom stereocenters. The molecule has 0 aliphatic heterocycles. The van der Waals surface area contributed by atoms with E-state index in [-0.39, 0.29) is 36.2 Å². The fraction of sp³-hybridized carbons (Fsp3) is 1.00. The van der Waals surface area contributed by atoms with Crippen LogP contribution in [-0.2, 0) is 10.1 Å². The molecule has 0 saturated carbocycles. The van der Waals surface area contributed by atoms with Crippen LogP contribution in [0.25, 0.3) is 0 Å². The van der Waals surface area contributed by atoms with Crippen LogP contribution in [0, 0.1) is 0 Å². The van der Waals surface area contributed by atoms with E-state index in [1.165, 1.54) is 19.3 Å². The first-order valence-corrected chi connectivity index (χ1v) is 11.0. The van der Waals surface area contributed by atoms with Gasteiger partial charge in [-0.1, -0.05) is 84.0 Å². The van der Waals surface area contributed by atoms with Crippen LogP contribution in [0.3, 0.4) is 0 Å². The van der Waals surface area contributed by atoms with Gasteiger partial charge in [0.1, 0.15) is 0 Å². The zero-order chi connectivity index (χ0) is 17.4. The van der Waals surface area contributed by atoms with E-state index in [1.54, 1.807) is 0 Å². The summed E-state index contributed by atoms with van der Waals surface area (Å²) < 4.78 is 34.1. The maximum Gasteiger partial charge on any atom is 1.00 e. The van der Waals surface area contributed by atoms with Gasteiger partial charge in [-0.2, -0.15) is 0 Å². The summed E-state index contributed by atoms with van der Waals surface area (Å²) in [7, 11) is -4.14. The van der Waals surface area contributed by atoms with Crippen LogP contribution in [0.15, 0.2) is 0 Å². The molecule has 0 aliphatic rings. The summed E-state index contributed by atoms with van der Waals surface area (Å²) in [4.78, 5) is 0. The van der Waals surface area contributed by atoms with Gasteiger partial charge < -0.3 is 9.66 Å². The average Bonchev–Trinajstić information content (AvgIpc) is 2.50. The van der Waals surface area contributed by atoms with E-state index < -0.39 is 15.4 Å². The summed E-state index contributed by atoms with van der Waals surface area (Å²) >= 11 is 0. The minimum absolute atomic E-state index is 0. The van der Waals surface area contributed by atoms with Gasteiger partial charge in [0.2, 0.25) is 0 Å². The van der Waals surface area contributed by atoms with Gasteiger partial charge in [0.25, 0.3) is 0 Å². The molecule has 0 spiro atoms. The van der Waals surface area contributed by atoms with Crippen molar-refractivity contribution in [3.05, 3.63) is 0 Å². The van der Waals surface area contributed by atoms with Crippen molar-refractivity contribution in [3.63, 3.8) is 0 Å². The zero-order valence-corrected chi connectivity index (χ0v) is 18.8. The molecular weight excluding hydrogens is 335 g/mol. The van der Waals surface area contributed by atoms with Gasteiger partial charge in [0.05, 0.1) is 10.1 Å². The molecule has 0 radical (unpaired) electrons. The molecule has 0 aromatic carbocycles. The van der Waals surface area contributed by atoms with Crippen LogP contribution in [0.4, 0.5) is 0 Å². The van der Waals surface area contributed by atoms with Crippen molar-refractivity contribution in [1.29, 1.82) is 0 Å². The Labute approximate surface area is 172 Å². The Kier molecular flexibility index (Phi) is 21.1. The smallest absolute Gasteiger partial charge is 0.748 e. The largest absolute Gasteiger partial charge is 1.00 e. The van der Waals surface area contributed by atoms with Gasteiger partial charge in [-0.15, -0.1) is 0 Å². The van der Waals surface area contributed by atoms with E-state index in [0.717, 1.165) is 64.2 Å². The number of rotatable bonds is 17. The molecule has 0 aliphatic carbocycles. The van der Waals surface area contributed by atoms with Crippen molar-refractivity contribution < 1.29 is 47.6 Å². The maximum absolute atomic E-state index is 11.4. The van der Waals surface area contributed by atoms with Crippen LogP contribution < -0.4 is 29.6 Å². The van der Waals surface area contributed by atoms with E-state index in [0.29, 0.717) is 12.8 Å². The van der Waals surface area contributed by atoms with E-state index in [2.05, 4.69) is 6.92 Å². The van der Waals surface area contributed by atoms with E-state index in [1.807, 2.05) is 0 Å². The third-order valence-corrected chi connectivity index (χ3v) is 5.76. The first-order chi connectivity index (χ1) is 11.0. The van der Waals surface area contributed by atoms with E-state index in [4.69, 9.17) is 5.11 Å². The summed E-state index contributed by atoms with van der Waals surface area (Å²) in [5, 5.41) is 8.01. The Morgan fingerprint density at radius 3 is 1.50 bits per heavy atom. The molecule has 0 fully saturated rings. The van der Waals surface area contributed by atoms with Crippen LogP contribution in [0.5, 0.6) is 0 Å². The first kappa shape index (κ1) is 27.1. The number of unbranched alkanes of at least 4 members (excludes halogenated alkanes) is 11. The molecule has 0 aromatic heterocycles. The van der Waals surface area contributed by atoms with Crippen molar-refractivity contribution in [1.82, 2.24) is 0 Å². The van der Waals surface area contributed by atoms with Crippen molar-refractivity contribution in [2.45, 2.75) is 108 Å². The second kappa shape index (κ2) is 18.7. The van der Waals surface area contributed by atoms with Crippen molar-refractivity contribution >= 4 is 10.1 Å². The van der Waals surface area contributed by atoms with Crippen molar-refractivity contribution in [2.75, 3.05) is 6.61 Å². The Bertz CT molecular complexity index is 347. The molecule has 4 nitrogen and oxygen atoms in total. The number of aliphatic hydroxyl groups is 1. The van der Waals surface area contributed by atoms with Gasteiger partial charge in [0.15, 0.2) is 0 Å². The third kappa shape index (κ3) is 17.7. The average molecular weight is 373 g/mol. The number of hydrogen-bond donors (Lipinski definition) is 1. The van der Waals surface area contributed by atoms with Gasteiger partial charge in [-0.25, -0.2) is 8.42 Å².